The van der Waals surface area contributed by atoms with E-state index in [0.717, 1.165) is 26.0 Å². The first-order valence-corrected chi connectivity index (χ1v) is 7.22. The van der Waals surface area contributed by atoms with Crippen LogP contribution < -0.4 is 0 Å². The van der Waals surface area contributed by atoms with Crippen LogP contribution in [0, 0.1) is 13.8 Å². The lowest BCUT2D eigenvalue weighted by molar-refractivity contribution is 0.221. The second kappa shape index (κ2) is 5.11. The predicted octanol–water partition coefficient (Wildman–Crippen LogP) is 4.86. The van der Waals surface area contributed by atoms with Gasteiger partial charge in [-0.25, -0.2) is 0 Å². The minimum absolute atomic E-state index is 0.614. The van der Waals surface area contributed by atoms with E-state index in [-0.39, 0.29) is 0 Å². The van der Waals surface area contributed by atoms with Gasteiger partial charge in [0.25, 0.3) is 0 Å². The van der Waals surface area contributed by atoms with Gasteiger partial charge in [0.15, 0.2) is 0 Å². The monoisotopic (exact) mass is 330 g/mol. The number of thiophene rings is 1. The van der Waals surface area contributed by atoms with Crippen LogP contribution in [-0.2, 0) is 0 Å². The highest BCUT2D eigenvalue weighted by Gasteiger charge is 2.16. The Labute approximate surface area is 118 Å². The minimum Gasteiger partial charge on any atom is -0.384 e. The van der Waals surface area contributed by atoms with Crippen molar-refractivity contribution in [1.29, 1.82) is 0 Å². The number of hydrogen-bond acceptors (Lipinski definition) is 2. The Balaban J connectivity index is 2.43. The number of benzene rings is 1. The summed E-state index contributed by atoms with van der Waals surface area (Å²) in [6.07, 6.45) is -0.663. The molecule has 0 aliphatic heterocycles. The first kappa shape index (κ1) is 13.1. The quantitative estimate of drug-likeness (QED) is 0.833. The molecule has 0 aliphatic rings. The molecule has 0 radical (unpaired) electrons. The fourth-order valence-electron chi connectivity index (χ4n) is 1.66. The Morgan fingerprint density at radius 2 is 1.88 bits per heavy atom. The van der Waals surface area contributed by atoms with Crippen molar-refractivity contribution in [2.75, 3.05) is 0 Å². The van der Waals surface area contributed by atoms with E-state index in [1.807, 2.05) is 37.4 Å². The van der Waals surface area contributed by atoms with E-state index in [0.29, 0.717) is 5.02 Å². The Morgan fingerprint density at radius 3 is 2.47 bits per heavy atom. The summed E-state index contributed by atoms with van der Waals surface area (Å²) in [5, 5.41) is 12.8. The standard InChI is InChI=1S/C13H12BrClOS/c1-7-3-10(11(15)4-8(7)2)13(16)9-5-12(14)17-6-9/h3-6,13,16H,1-2H3. The van der Waals surface area contributed by atoms with E-state index in [2.05, 4.69) is 15.9 Å². The molecule has 90 valence electrons. The van der Waals surface area contributed by atoms with Crippen LogP contribution in [0.2, 0.25) is 5.02 Å². The van der Waals surface area contributed by atoms with Gasteiger partial charge in [0, 0.05) is 10.6 Å². The Kier molecular flexibility index (Phi) is 3.93. The number of halogens is 2. The maximum atomic E-state index is 10.3. The van der Waals surface area contributed by atoms with Crippen molar-refractivity contribution in [3.8, 4) is 0 Å². The van der Waals surface area contributed by atoms with Gasteiger partial charge in [-0.3, -0.25) is 0 Å². The van der Waals surface area contributed by atoms with Crippen molar-refractivity contribution in [2.45, 2.75) is 20.0 Å². The number of hydrogen-bond donors (Lipinski definition) is 1. The molecule has 1 aromatic carbocycles. The van der Waals surface area contributed by atoms with Gasteiger partial charge in [0.1, 0.15) is 6.10 Å². The van der Waals surface area contributed by atoms with Crippen LogP contribution in [0.1, 0.15) is 28.4 Å². The number of aryl methyl sites for hydroxylation is 2. The van der Waals surface area contributed by atoms with Gasteiger partial charge in [-0.2, -0.15) is 0 Å². The number of aliphatic hydroxyl groups excluding tert-OH is 1. The van der Waals surface area contributed by atoms with Crippen LogP contribution >= 0.6 is 38.9 Å². The molecule has 0 bridgehead atoms. The second-order valence-electron chi connectivity index (χ2n) is 4.04. The van der Waals surface area contributed by atoms with Gasteiger partial charge in [0.05, 0.1) is 3.79 Å². The second-order valence-corrected chi connectivity index (χ2v) is 6.74. The van der Waals surface area contributed by atoms with Gasteiger partial charge in [0.2, 0.25) is 0 Å². The zero-order valence-corrected chi connectivity index (χ0v) is 12.7. The average Bonchev–Trinajstić information content (AvgIpc) is 2.69. The highest BCUT2D eigenvalue weighted by Crippen LogP contribution is 2.33. The third-order valence-electron chi connectivity index (χ3n) is 2.81. The molecule has 2 rings (SSSR count). The molecule has 1 N–H and O–H groups in total. The molecule has 0 aliphatic carbocycles. The molecule has 1 atom stereocenters. The lowest BCUT2D eigenvalue weighted by atomic mass is 9.99. The first-order chi connectivity index (χ1) is 7.99. The summed E-state index contributed by atoms with van der Waals surface area (Å²) in [5.74, 6) is 0. The first-order valence-electron chi connectivity index (χ1n) is 5.17. The summed E-state index contributed by atoms with van der Waals surface area (Å²) in [5.41, 5.74) is 3.90. The minimum atomic E-state index is -0.663. The third-order valence-corrected chi connectivity index (χ3v) is 4.66. The normalized spacial score (nSPS) is 12.8. The van der Waals surface area contributed by atoms with Gasteiger partial charge in [-0.15, -0.1) is 11.3 Å². The SMILES string of the molecule is Cc1cc(Cl)c(C(O)c2csc(Br)c2)cc1C. The molecule has 0 fully saturated rings. The van der Waals surface area contributed by atoms with Crippen LogP contribution in [0.4, 0.5) is 0 Å². The van der Waals surface area contributed by atoms with Crippen molar-refractivity contribution in [3.05, 3.63) is 54.6 Å². The van der Waals surface area contributed by atoms with Gasteiger partial charge in [-0.05, 0) is 64.0 Å². The summed E-state index contributed by atoms with van der Waals surface area (Å²) in [4.78, 5) is 0. The molecule has 0 saturated carbocycles. The molecular formula is C13H12BrClOS. The van der Waals surface area contributed by atoms with E-state index in [1.165, 1.54) is 0 Å². The summed E-state index contributed by atoms with van der Waals surface area (Å²) in [6, 6.07) is 5.77. The van der Waals surface area contributed by atoms with Crippen LogP contribution in [0.15, 0.2) is 27.4 Å². The Hall–Kier alpha value is -0.350. The smallest absolute Gasteiger partial charge is 0.106 e. The molecule has 1 aromatic heterocycles. The van der Waals surface area contributed by atoms with Gasteiger partial charge >= 0.3 is 0 Å². The van der Waals surface area contributed by atoms with E-state index < -0.39 is 6.10 Å². The van der Waals surface area contributed by atoms with Crippen LogP contribution in [-0.4, -0.2) is 5.11 Å². The lowest BCUT2D eigenvalue weighted by Gasteiger charge is -2.13. The molecule has 17 heavy (non-hydrogen) atoms. The molecule has 1 unspecified atom stereocenters. The summed E-state index contributed by atoms with van der Waals surface area (Å²) in [7, 11) is 0. The zero-order chi connectivity index (χ0) is 12.6. The molecule has 1 nitrogen and oxygen atoms in total. The van der Waals surface area contributed by atoms with Crippen LogP contribution in [0.25, 0.3) is 0 Å². The Bertz CT molecular complexity index is 550. The van der Waals surface area contributed by atoms with Crippen LogP contribution in [0.3, 0.4) is 0 Å². The molecule has 0 amide bonds. The van der Waals surface area contributed by atoms with Crippen molar-refractivity contribution < 1.29 is 5.11 Å². The fourth-order valence-corrected chi connectivity index (χ4v) is 3.18. The average molecular weight is 332 g/mol. The van der Waals surface area contributed by atoms with E-state index in [4.69, 9.17) is 11.6 Å². The predicted molar refractivity (Wildman–Crippen MR) is 77.0 cm³/mol. The van der Waals surface area contributed by atoms with Gasteiger partial charge in [-0.1, -0.05) is 17.7 Å². The molecule has 4 heteroatoms. The van der Waals surface area contributed by atoms with Gasteiger partial charge < -0.3 is 5.11 Å². The van der Waals surface area contributed by atoms with E-state index >= 15 is 0 Å². The lowest BCUT2D eigenvalue weighted by Crippen LogP contribution is -2.00. The van der Waals surface area contributed by atoms with Crippen molar-refractivity contribution >= 4 is 38.9 Å². The summed E-state index contributed by atoms with van der Waals surface area (Å²) >= 11 is 11.1. The number of aliphatic hydroxyl groups is 1. The molecule has 1 heterocycles. The summed E-state index contributed by atoms with van der Waals surface area (Å²) < 4.78 is 1.01. The molecule has 0 saturated heterocycles. The Morgan fingerprint density at radius 1 is 1.24 bits per heavy atom. The maximum absolute atomic E-state index is 10.3. The summed E-state index contributed by atoms with van der Waals surface area (Å²) in [6.45, 7) is 4.03. The number of rotatable bonds is 2. The zero-order valence-electron chi connectivity index (χ0n) is 9.50. The van der Waals surface area contributed by atoms with Crippen molar-refractivity contribution in [1.82, 2.24) is 0 Å². The fraction of sp³-hybridized carbons (Fsp3) is 0.231. The maximum Gasteiger partial charge on any atom is 0.106 e. The molecule has 2 aromatic rings. The third kappa shape index (κ3) is 2.74. The van der Waals surface area contributed by atoms with Crippen LogP contribution in [0.5, 0.6) is 0 Å². The highest BCUT2D eigenvalue weighted by molar-refractivity contribution is 9.11. The highest BCUT2D eigenvalue weighted by atomic mass is 79.9. The van der Waals surface area contributed by atoms with Crippen molar-refractivity contribution in [2.24, 2.45) is 0 Å². The van der Waals surface area contributed by atoms with Crippen molar-refractivity contribution in [3.63, 3.8) is 0 Å². The topological polar surface area (TPSA) is 20.2 Å². The molecular weight excluding hydrogens is 320 g/mol. The molecule has 0 spiro atoms. The van der Waals surface area contributed by atoms with E-state index in [9.17, 15) is 5.11 Å². The van der Waals surface area contributed by atoms with E-state index in [1.54, 1.807) is 11.3 Å². The largest absolute Gasteiger partial charge is 0.384 e.